The van der Waals surface area contributed by atoms with Crippen molar-refractivity contribution in [3.05, 3.63) is 54.6 Å². The minimum atomic E-state index is 0.462. The molecule has 0 aliphatic rings. The summed E-state index contributed by atoms with van der Waals surface area (Å²) in [5.41, 5.74) is 0.793. The number of benzene rings is 1. The average molecular weight is 299 g/mol. The number of thioether (sulfide) groups is 1. The minimum absolute atomic E-state index is 0.462. The summed E-state index contributed by atoms with van der Waals surface area (Å²) in [6.45, 7) is 0. The fourth-order valence-corrected chi connectivity index (χ4v) is 2.51. The van der Waals surface area contributed by atoms with Gasteiger partial charge in [-0.25, -0.2) is 4.98 Å². The van der Waals surface area contributed by atoms with Gasteiger partial charge >= 0.3 is 0 Å². The maximum absolute atomic E-state index is 5.68. The van der Waals surface area contributed by atoms with E-state index >= 15 is 0 Å². The number of aromatic nitrogens is 3. The van der Waals surface area contributed by atoms with Gasteiger partial charge in [0.1, 0.15) is 5.75 Å². The van der Waals surface area contributed by atoms with Gasteiger partial charge in [0.25, 0.3) is 5.89 Å². The first-order valence-electron chi connectivity index (χ1n) is 6.36. The van der Waals surface area contributed by atoms with Gasteiger partial charge in [-0.05, 0) is 24.3 Å². The van der Waals surface area contributed by atoms with Crippen molar-refractivity contribution < 1.29 is 9.15 Å². The fourth-order valence-electron chi connectivity index (χ4n) is 1.81. The molecule has 2 aromatic heterocycles. The maximum atomic E-state index is 5.68. The van der Waals surface area contributed by atoms with Gasteiger partial charge in [-0.3, -0.25) is 0 Å². The first kappa shape index (κ1) is 13.6. The lowest BCUT2D eigenvalue weighted by atomic mass is 10.2. The molecule has 0 amide bonds. The molecule has 0 saturated carbocycles. The van der Waals surface area contributed by atoms with Crippen molar-refractivity contribution in [1.29, 1.82) is 0 Å². The third kappa shape index (κ3) is 3.22. The van der Waals surface area contributed by atoms with Crippen LogP contribution < -0.4 is 4.74 Å². The number of nitrogens with zero attached hydrogens (tertiary/aromatic N) is 3. The quantitative estimate of drug-likeness (QED) is 0.673. The van der Waals surface area contributed by atoms with Crippen molar-refractivity contribution >= 4 is 11.8 Å². The van der Waals surface area contributed by atoms with Gasteiger partial charge in [0.15, 0.2) is 0 Å². The van der Waals surface area contributed by atoms with Crippen molar-refractivity contribution in [2.24, 2.45) is 0 Å². The van der Waals surface area contributed by atoms with E-state index in [2.05, 4.69) is 15.2 Å². The molecule has 0 bridgehead atoms. The summed E-state index contributed by atoms with van der Waals surface area (Å²) >= 11 is 1.55. The Bertz CT molecular complexity index is 716. The molecule has 0 aliphatic carbocycles. The van der Waals surface area contributed by atoms with Crippen LogP contribution in [0.3, 0.4) is 0 Å². The lowest BCUT2D eigenvalue weighted by Crippen LogP contribution is -1.87. The highest BCUT2D eigenvalue weighted by molar-refractivity contribution is 7.98. The molecule has 0 radical (unpaired) electrons. The Morgan fingerprint density at radius 1 is 1.10 bits per heavy atom. The first-order chi connectivity index (χ1) is 10.4. The minimum Gasteiger partial charge on any atom is -0.496 e. The molecule has 0 aliphatic heterocycles. The van der Waals surface area contributed by atoms with E-state index in [1.807, 2.05) is 42.5 Å². The second kappa shape index (κ2) is 6.41. The second-order valence-electron chi connectivity index (χ2n) is 4.16. The molecule has 3 aromatic rings. The third-order valence-corrected chi connectivity index (χ3v) is 3.71. The van der Waals surface area contributed by atoms with Gasteiger partial charge in [-0.15, -0.1) is 10.2 Å². The molecule has 0 N–H and O–H groups in total. The molecule has 0 saturated heterocycles. The lowest BCUT2D eigenvalue weighted by molar-refractivity contribution is 0.414. The van der Waals surface area contributed by atoms with Crippen LogP contribution in [0.4, 0.5) is 0 Å². The smallest absolute Gasteiger partial charge is 0.251 e. The molecule has 1 aromatic carbocycles. The van der Waals surface area contributed by atoms with E-state index in [0.29, 0.717) is 23.3 Å². The zero-order chi connectivity index (χ0) is 14.5. The number of rotatable bonds is 5. The summed E-state index contributed by atoms with van der Waals surface area (Å²) in [6, 6.07) is 13.3. The monoisotopic (exact) mass is 299 g/mol. The van der Waals surface area contributed by atoms with Crippen molar-refractivity contribution in [3.8, 4) is 17.2 Å². The Labute approximate surface area is 126 Å². The van der Waals surface area contributed by atoms with E-state index < -0.39 is 0 Å². The summed E-state index contributed by atoms with van der Waals surface area (Å²) in [5.74, 6) is 2.32. The molecule has 6 heteroatoms. The Balaban J connectivity index is 1.74. The van der Waals surface area contributed by atoms with E-state index in [1.54, 1.807) is 25.1 Å². The van der Waals surface area contributed by atoms with Crippen molar-refractivity contribution in [2.75, 3.05) is 7.11 Å². The SMILES string of the molecule is COc1ccccc1-c1nnc(CSc2ccccn2)o1. The van der Waals surface area contributed by atoms with Crippen LogP contribution in [0.1, 0.15) is 5.89 Å². The third-order valence-electron chi connectivity index (χ3n) is 2.79. The Kier molecular flexibility index (Phi) is 4.16. The van der Waals surface area contributed by atoms with Gasteiger partial charge in [-0.2, -0.15) is 0 Å². The Morgan fingerprint density at radius 3 is 2.76 bits per heavy atom. The topological polar surface area (TPSA) is 61.0 Å². The molecule has 5 nitrogen and oxygen atoms in total. The summed E-state index contributed by atoms with van der Waals surface area (Å²) < 4.78 is 11.0. The normalized spacial score (nSPS) is 10.5. The van der Waals surface area contributed by atoms with Crippen LogP contribution in [0.25, 0.3) is 11.5 Å². The average Bonchev–Trinajstić information content (AvgIpc) is 3.02. The summed E-state index contributed by atoms with van der Waals surface area (Å²) in [6.07, 6.45) is 1.76. The van der Waals surface area contributed by atoms with Gasteiger partial charge < -0.3 is 9.15 Å². The summed E-state index contributed by atoms with van der Waals surface area (Å²) in [5, 5.41) is 9.06. The number of methoxy groups -OCH3 is 1. The molecule has 0 fully saturated rings. The molecule has 106 valence electrons. The largest absolute Gasteiger partial charge is 0.496 e. The molecular weight excluding hydrogens is 286 g/mol. The van der Waals surface area contributed by atoms with Crippen LogP contribution in [0.2, 0.25) is 0 Å². The van der Waals surface area contributed by atoms with Crippen LogP contribution >= 0.6 is 11.8 Å². The second-order valence-corrected chi connectivity index (χ2v) is 5.15. The van der Waals surface area contributed by atoms with E-state index in [0.717, 1.165) is 10.6 Å². The van der Waals surface area contributed by atoms with Crippen LogP contribution in [0.5, 0.6) is 5.75 Å². The highest BCUT2D eigenvalue weighted by atomic mass is 32.2. The zero-order valence-corrected chi connectivity index (χ0v) is 12.2. The number of pyridine rings is 1. The highest BCUT2D eigenvalue weighted by Crippen LogP contribution is 2.29. The van der Waals surface area contributed by atoms with Crippen LogP contribution in [0, 0.1) is 0 Å². The fraction of sp³-hybridized carbons (Fsp3) is 0.133. The first-order valence-corrected chi connectivity index (χ1v) is 7.35. The molecule has 3 rings (SSSR count). The number of ether oxygens (including phenoxy) is 1. The number of hydrogen-bond acceptors (Lipinski definition) is 6. The van der Waals surface area contributed by atoms with Crippen LogP contribution in [-0.4, -0.2) is 22.3 Å². The van der Waals surface area contributed by atoms with Gasteiger partial charge in [0.05, 0.1) is 23.5 Å². The molecule has 0 unspecified atom stereocenters. The van der Waals surface area contributed by atoms with Gasteiger partial charge in [0, 0.05) is 6.20 Å². The predicted molar refractivity (Wildman–Crippen MR) is 80.1 cm³/mol. The Morgan fingerprint density at radius 2 is 1.95 bits per heavy atom. The molecule has 2 heterocycles. The Hall–Kier alpha value is -2.34. The van der Waals surface area contributed by atoms with Gasteiger partial charge in [-0.1, -0.05) is 30.0 Å². The van der Waals surface area contributed by atoms with E-state index in [-0.39, 0.29) is 0 Å². The molecule has 0 spiro atoms. The molecule has 0 atom stereocenters. The van der Waals surface area contributed by atoms with Crippen LogP contribution in [-0.2, 0) is 5.75 Å². The maximum Gasteiger partial charge on any atom is 0.251 e. The molecular formula is C15H13N3O2S. The zero-order valence-electron chi connectivity index (χ0n) is 11.4. The molecule has 21 heavy (non-hydrogen) atoms. The van der Waals surface area contributed by atoms with Crippen molar-refractivity contribution in [3.63, 3.8) is 0 Å². The van der Waals surface area contributed by atoms with Crippen molar-refractivity contribution in [2.45, 2.75) is 10.8 Å². The lowest BCUT2D eigenvalue weighted by Gasteiger charge is -2.03. The van der Waals surface area contributed by atoms with E-state index in [4.69, 9.17) is 9.15 Å². The summed E-state index contributed by atoms with van der Waals surface area (Å²) in [7, 11) is 1.62. The highest BCUT2D eigenvalue weighted by Gasteiger charge is 2.13. The van der Waals surface area contributed by atoms with Gasteiger partial charge in [0.2, 0.25) is 5.89 Å². The van der Waals surface area contributed by atoms with E-state index in [9.17, 15) is 0 Å². The summed E-state index contributed by atoms with van der Waals surface area (Å²) in [4.78, 5) is 4.24. The standard InChI is InChI=1S/C15H13N3O2S/c1-19-12-7-3-2-6-11(12)15-18-17-13(20-15)10-21-14-8-4-5-9-16-14/h2-9H,10H2,1H3. The van der Waals surface area contributed by atoms with E-state index in [1.165, 1.54) is 0 Å². The predicted octanol–water partition coefficient (Wildman–Crippen LogP) is 3.43. The van der Waals surface area contributed by atoms with Crippen LogP contribution in [0.15, 0.2) is 58.1 Å². The number of para-hydroxylation sites is 1. The van der Waals surface area contributed by atoms with Crippen molar-refractivity contribution in [1.82, 2.24) is 15.2 Å². The number of hydrogen-bond donors (Lipinski definition) is 0.